The smallest absolute Gasteiger partial charge is 0.269 e. The number of hydrogen-bond donors (Lipinski definition) is 1. The number of aryl methyl sites for hydroxylation is 2. The molecule has 0 unspecified atom stereocenters. The fraction of sp³-hybridized carbons (Fsp3) is 0.429. The molecule has 0 saturated carbocycles. The van der Waals surface area contributed by atoms with Crippen LogP contribution in [0.4, 0.5) is 11.4 Å². The summed E-state index contributed by atoms with van der Waals surface area (Å²) >= 11 is 0. The Bertz CT molecular complexity index is 1570. The predicted molar refractivity (Wildman–Crippen MR) is 150 cm³/mol. The SMILES string of the molecule is CCC(C)(C)n1nnnc1[C@@H](c1cc2c(C)cc(C)cc2[nH]c1=O)N1CCN(c2ccc([N+](=O)[O-])cc2)CC1. The number of non-ortho nitro benzene ring substituents is 1. The maximum Gasteiger partial charge on any atom is 0.269 e. The first-order valence-electron chi connectivity index (χ1n) is 13.3. The van der Waals surface area contributed by atoms with Crippen molar-refractivity contribution in [1.29, 1.82) is 0 Å². The molecule has 0 amide bonds. The van der Waals surface area contributed by atoms with Gasteiger partial charge in [-0.05, 0) is 79.9 Å². The Labute approximate surface area is 226 Å². The van der Waals surface area contributed by atoms with Gasteiger partial charge in [-0.3, -0.25) is 19.8 Å². The van der Waals surface area contributed by atoms with E-state index in [1.165, 1.54) is 12.1 Å². The third-order valence-electron chi connectivity index (χ3n) is 7.92. The van der Waals surface area contributed by atoms with E-state index in [0.29, 0.717) is 37.6 Å². The second-order valence-electron chi connectivity index (χ2n) is 10.9. The number of anilines is 1. The molecule has 0 spiro atoms. The third kappa shape index (κ3) is 5.01. The van der Waals surface area contributed by atoms with Crippen molar-refractivity contribution in [3.8, 4) is 0 Å². The van der Waals surface area contributed by atoms with E-state index < -0.39 is 11.0 Å². The lowest BCUT2D eigenvalue weighted by Crippen LogP contribution is -2.49. The van der Waals surface area contributed by atoms with Gasteiger partial charge in [-0.25, -0.2) is 4.68 Å². The van der Waals surface area contributed by atoms with Gasteiger partial charge in [-0.2, -0.15) is 0 Å². The predicted octanol–water partition coefficient (Wildman–Crippen LogP) is 4.10. The molecule has 11 nitrogen and oxygen atoms in total. The highest BCUT2D eigenvalue weighted by atomic mass is 16.6. The van der Waals surface area contributed by atoms with Gasteiger partial charge in [0.25, 0.3) is 11.2 Å². The van der Waals surface area contributed by atoms with Gasteiger partial charge in [0.2, 0.25) is 0 Å². The van der Waals surface area contributed by atoms with Crippen LogP contribution in [0, 0.1) is 24.0 Å². The molecule has 1 N–H and O–H groups in total. The van der Waals surface area contributed by atoms with Crippen molar-refractivity contribution in [2.24, 2.45) is 0 Å². The number of aromatic nitrogens is 5. The van der Waals surface area contributed by atoms with Gasteiger partial charge in [0.1, 0.15) is 6.04 Å². The van der Waals surface area contributed by atoms with Crippen LogP contribution in [0.1, 0.15) is 55.7 Å². The van der Waals surface area contributed by atoms with E-state index >= 15 is 0 Å². The zero-order valence-corrected chi connectivity index (χ0v) is 23.0. The minimum Gasteiger partial charge on any atom is -0.369 e. The van der Waals surface area contributed by atoms with Crippen LogP contribution in [0.2, 0.25) is 0 Å². The van der Waals surface area contributed by atoms with E-state index in [-0.39, 0.29) is 16.8 Å². The van der Waals surface area contributed by atoms with Gasteiger partial charge >= 0.3 is 0 Å². The second-order valence-corrected chi connectivity index (χ2v) is 10.9. The molecule has 0 aliphatic carbocycles. The van der Waals surface area contributed by atoms with E-state index in [9.17, 15) is 14.9 Å². The summed E-state index contributed by atoms with van der Waals surface area (Å²) in [6.45, 7) is 13.1. The van der Waals surface area contributed by atoms with Crippen LogP contribution in [0.5, 0.6) is 0 Å². The Morgan fingerprint density at radius 1 is 1.08 bits per heavy atom. The molecule has 0 radical (unpaired) electrons. The highest BCUT2D eigenvalue weighted by Gasteiger charge is 2.35. The molecular formula is C28H34N8O3. The van der Waals surface area contributed by atoms with Crippen molar-refractivity contribution in [3.05, 3.63) is 85.4 Å². The number of fused-ring (bicyclic) bond motifs is 1. The van der Waals surface area contributed by atoms with Gasteiger partial charge in [-0.1, -0.05) is 13.0 Å². The summed E-state index contributed by atoms with van der Waals surface area (Å²) in [6.07, 6.45) is 0.818. The monoisotopic (exact) mass is 530 g/mol. The summed E-state index contributed by atoms with van der Waals surface area (Å²) in [4.78, 5) is 31.9. The fourth-order valence-electron chi connectivity index (χ4n) is 5.36. The number of nitrogens with zero attached hydrogens (tertiary/aromatic N) is 7. The van der Waals surface area contributed by atoms with Gasteiger partial charge < -0.3 is 9.88 Å². The zero-order valence-electron chi connectivity index (χ0n) is 23.0. The summed E-state index contributed by atoms with van der Waals surface area (Å²) in [5.74, 6) is 0.639. The fourth-order valence-corrected chi connectivity index (χ4v) is 5.36. The van der Waals surface area contributed by atoms with Gasteiger partial charge in [0.05, 0.1) is 10.5 Å². The number of nitro benzene ring substituents is 1. The van der Waals surface area contributed by atoms with Crippen LogP contribution in [0.3, 0.4) is 0 Å². The highest BCUT2D eigenvalue weighted by molar-refractivity contribution is 5.83. The van der Waals surface area contributed by atoms with E-state index in [4.69, 9.17) is 0 Å². The lowest BCUT2D eigenvalue weighted by Gasteiger charge is -2.40. The number of nitro groups is 1. The first-order chi connectivity index (χ1) is 18.6. The van der Waals surface area contributed by atoms with Crippen LogP contribution in [-0.2, 0) is 5.54 Å². The molecule has 4 aromatic rings. The molecule has 2 aromatic carbocycles. The molecule has 1 aliphatic heterocycles. The lowest BCUT2D eigenvalue weighted by atomic mass is 9.97. The van der Waals surface area contributed by atoms with E-state index in [1.807, 2.05) is 23.7 Å². The topological polar surface area (TPSA) is 126 Å². The molecule has 1 fully saturated rings. The molecule has 1 saturated heterocycles. The molecule has 3 heterocycles. The minimum absolute atomic E-state index is 0.0730. The number of piperazine rings is 1. The van der Waals surface area contributed by atoms with Crippen LogP contribution in [-0.4, -0.2) is 61.2 Å². The Balaban J connectivity index is 1.54. The standard InChI is InChI=1S/C28H34N8O3/c1-6-28(4,5)35-26(30-31-32-35)25(23-17-22-19(3)15-18(2)16-24(22)29-27(23)37)34-13-11-33(12-14-34)20-7-9-21(10-8-20)36(38)39/h7-10,15-17,25H,6,11-14H2,1-5H3,(H,29,37)/t25-/m1/s1. The number of aromatic amines is 1. The van der Waals surface area contributed by atoms with E-state index in [2.05, 4.69) is 64.1 Å². The Kier molecular flexibility index (Phi) is 6.94. The van der Waals surface area contributed by atoms with E-state index in [0.717, 1.165) is 34.1 Å². The number of pyridine rings is 1. The molecule has 2 aromatic heterocycles. The minimum atomic E-state index is -0.446. The highest BCUT2D eigenvalue weighted by Crippen LogP contribution is 2.32. The summed E-state index contributed by atoms with van der Waals surface area (Å²) in [5.41, 5.74) is 4.13. The Morgan fingerprint density at radius 3 is 2.41 bits per heavy atom. The van der Waals surface area contributed by atoms with Crippen molar-refractivity contribution >= 4 is 22.3 Å². The maximum absolute atomic E-state index is 13.6. The van der Waals surface area contributed by atoms with Crippen LogP contribution in [0.25, 0.3) is 10.9 Å². The summed E-state index contributed by atoms with van der Waals surface area (Å²) in [7, 11) is 0. The first-order valence-corrected chi connectivity index (χ1v) is 13.3. The molecule has 11 heteroatoms. The summed E-state index contributed by atoms with van der Waals surface area (Å²) in [6, 6.07) is 12.3. The summed E-state index contributed by atoms with van der Waals surface area (Å²) in [5, 5.41) is 24.9. The van der Waals surface area contributed by atoms with Crippen LogP contribution >= 0.6 is 0 Å². The van der Waals surface area contributed by atoms with E-state index in [1.54, 1.807) is 12.1 Å². The molecule has 1 atom stereocenters. The van der Waals surface area contributed by atoms with Gasteiger partial charge in [-0.15, -0.1) is 5.10 Å². The molecule has 204 valence electrons. The maximum atomic E-state index is 13.6. The van der Waals surface area contributed by atoms with Crippen LogP contribution in [0.15, 0.2) is 47.3 Å². The number of hydrogen-bond acceptors (Lipinski definition) is 8. The first kappa shape index (κ1) is 26.5. The van der Waals surface area contributed by atoms with Crippen LogP contribution < -0.4 is 10.5 Å². The molecular weight excluding hydrogens is 496 g/mol. The summed E-state index contributed by atoms with van der Waals surface area (Å²) < 4.78 is 1.85. The molecule has 39 heavy (non-hydrogen) atoms. The second kappa shape index (κ2) is 10.2. The number of nitrogens with one attached hydrogen (secondary N) is 1. The zero-order chi connectivity index (χ0) is 27.9. The average molecular weight is 531 g/mol. The number of H-pyrrole nitrogens is 1. The van der Waals surface area contributed by atoms with Crippen molar-refractivity contribution < 1.29 is 4.92 Å². The number of tetrazole rings is 1. The third-order valence-corrected chi connectivity index (χ3v) is 7.92. The largest absolute Gasteiger partial charge is 0.369 e. The lowest BCUT2D eigenvalue weighted by molar-refractivity contribution is -0.384. The van der Waals surface area contributed by atoms with Crippen molar-refractivity contribution in [2.75, 3.05) is 31.1 Å². The molecule has 5 rings (SSSR count). The number of benzene rings is 2. The molecule has 0 bridgehead atoms. The van der Waals surface area contributed by atoms with Gasteiger partial charge in [0, 0.05) is 60.5 Å². The molecule has 1 aliphatic rings. The normalized spacial score (nSPS) is 15.6. The van der Waals surface area contributed by atoms with Crippen molar-refractivity contribution in [1.82, 2.24) is 30.1 Å². The Morgan fingerprint density at radius 2 is 1.77 bits per heavy atom. The van der Waals surface area contributed by atoms with Crippen molar-refractivity contribution in [3.63, 3.8) is 0 Å². The number of rotatable bonds is 7. The quantitative estimate of drug-likeness (QED) is 0.280. The Hall–Kier alpha value is -4.12. The average Bonchev–Trinajstić information content (AvgIpc) is 3.40. The van der Waals surface area contributed by atoms with Gasteiger partial charge in [0.15, 0.2) is 5.82 Å². The van der Waals surface area contributed by atoms with Crippen molar-refractivity contribution in [2.45, 2.75) is 52.6 Å².